The first kappa shape index (κ1) is 30.9. The first-order valence-electron chi connectivity index (χ1n) is 12.2. The Hall–Kier alpha value is -1.28. The van der Waals surface area contributed by atoms with Gasteiger partial charge in [0.25, 0.3) is 0 Å². The van der Waals surface area contributed by atoms with E-state index in [0.717, 1.165) is 6.42 Å². The Labute approximate surface area is 247 Å². The van der Waals surface area contributed by atoms with Gasteiger partial charge in [-0.3, -0.25) is 0 Å². The number of allylic oxidation sites excluding steroid dienone is 4. The molecule has 1 saturated carbocycles. The van der Waals surface area contributed by atoms with Crippen molar-refractivity contribution in [1.82, 2.24) is 0 Å². The van der Waals surface area contributed by atoms with Gasteiger partial charge in [-0.2, -0.15) is 0 Å². The third-order valence-corrected chi connectivity index (χ3v) is 9.86. The molecule has 0 N–H and O–H groups in total. The Bertz CT molecular complexity index is 1150. The first-order chi connectivity index (χ1) is 15.9. The van der Waals surface area contributed by atoms with E-state index in [1.165, 1.54) is 39.8 Å². The van der Waals surface area contributed by atoms with Gasteiger partial charge in [0.05, 0.1) is 0 Å². The van der Waals surface area contributed by atoms with E-state index in [2.05, 4.69) is 139 Å². The van der Waals surface area contributed by atoms with Gasteiger partial charge in [-0.05, 0) is 0 Å². The molecule has 0 spiro atoms. The Morgan fingerprint density at radius 1 is 0.750 bits per heavy atom. The Morgan fingerprint density at radius 3 is 1.61 bits per heavy atom. The van der Waals surface area contributed by atoms with Gasteiger partial charge in [0.1, 0.15) is 0 Å². The van der Waals surface area contributed by atoms with Crippen molar-refractivity contribution in [3.8, 4) is 0 Å². The molecule has 36 heavy (non-hydrogen) atoms. The smallest absolute Gasteiger partial charge is 1.00 e. The van der Waals surface area contributed by atoms with Crippen molar-refractivity contribution >= 4 is 0 Å². The molecule has 0 saturated heterocycles. The average Bonchev–Trinajstić information content (AvgIpc) is 3.06. The molecule has 0 bridgehead atoms. The van der Waals surface area contributed by atoms with Gasteiger partial charge in [-0.15, -0.1) is 0 Å². The van der Waals surface area contributed by atoms with Crippen LogP contribution < -0.4 is 37.2 Å². The molecule has 3 atom stereocenters. The summed E-state index contributed by atoms with van der Waals surface area (Å²) in [7, 11) is 0. The van der Waals surface area contributed by atoms with Crippen molar-refractivity contribution in [2.24, 2.45) is 11.8 Å². The van der Waals surface area contributed by atoms with Crippen LogP contribution >= 0.6 is 0 Å². The quantitative estimate of drug-likeness (QED) is 0.285. The molecule has 3 aromatic carbocycles. The van der Waals surface area contributed by atoms with Crippen LogP contribution in [0.5, 0.6) is 0 Å². The van der Waals surface area contributed by atoms with Gasteiger partial charge in [-0.25, -0.2) is 0 Å². The fourth-order valence-corrected chi connectivity index (χ4v) is 7.96. The van der Waals surface area contributed by atoms with E-state index in [4.69, 9.17) is 0 Å². The minimum absolute atomic E-state index is 0. The molecule has 0 heterocycles. The summed E-state index contributed by atoms with van der Waals surface area (Å²) in [5.41, 5.74) is 9.53. The predicted molar refractivity (Wildman–Crippen MR) is 135 cm³/mol. The molecule has 186 valence electrons. The zero-order valence-electron chi connectivity index (χ0n) is 21.4. The maximum Gasteiger partial charge on any atom is -1.00 e. The SMILES string of the molecule is Cc1cccc(C(c2cccc(C)c2)(c2cccc(C)c2)[C]2([Ti+3])C3=CC=CCC3CC2C)c1.[Cl-].[Cl-].[Cl-]. The molecule has 5 rings (SSSR count). The Kier molecular flexibility index (Phi) is 10.4. The van der Waals surface area contributed by atoms with Gasteiger partial charge in [-0.1, -0.05) is 0 Å². The summed E-state index contributed by atoms with van der Waals surface area (Å²) in [6, 6.07) is 27.9. The van der Waals surface area contributed by atoms with E-state index in [1.807, 2.05) is 0 Å². The van der Waals surface area contributed by atoms with Crippen LogP contribution in [0.15, 0.2) is 96.6 Å². The minimum atomic E-state index is -0.276. The number of fused-ring (bicyclic) bond motifs is 1. The van der Waals surface area contributed by atoms with Crippen molar-refractivity contribution in [3.05, 3.63) is 130 Å². The molecule has 0 amide bonds. The van der Waals surface area contributed by atoms with Crippen molar-refractivity contribution in [3.63, 3.8) is 0 Å². The summed E-state index contributed by atoms with van der Waals surface area (Å²) in [6.07, 6.45) is 9.53. The molecule has 1 fully saturated rings. The normalized spacial score (nSPS) is 22.4. The van der Waals surface area contributed by atoms with E-state index < -0.39 is 0 Å². The summed E-state index contributed by atoms with van der Waals surface area (Å²) in [4.78, 5) is 0. The molecule has 2 aliphatic rings. The van der Waals surface area contributed by atoms with Crippen LogP contribution in [0, 0.1) is 32.6 Å². The topological polar surface area (TPSA) is 0 Å². The van der Waals surface area contributed by atoms with Gasteiger partial charge < -0.3 is 37.2 Å². The summed E-state index contributed by atoms with van der Waals surface area (Å²) in [5, 5.41) is 0. The molecule has 3 aromatic rings. The fourth-order valence-electron chi connectivity index (χ4n) is 6.65. The second-order valence-corrected chi connectivity index (χ2v) is 11.5. The van der Waals surface area contributed by atoms with Crippen LogP contribution in [0.4, 0.5) is 0 Å². The van der Waals surface area contributed by atoms with Crippen LogP contribution in [0.2, 0.25) is 3.72 Å². The molecule has 0 aliphatic heterocycles. The number of halogens is 3. The van der Waals surface area contributed by atoms with Crippen LogP contribution in [-0.4, -0.2) is 0 Å². The molecule has 0 radical (unpaired) electrons. The van der Waals surface area contributed by atoms with E-state index in [-0.39, 0.29) is 46.4 Å². The van der Waals surface area contributed by atoms with Crippen molar-refractivity contribution < 1.29 is 57.7 Å². The van der Waals surface area contributed by atoms with E-state index in [9.17, 15) is 0 Å². The molecular formula is C32H33Cl3Ti. The maximum atomic E-state index is 2.57. The van der Waals surface area contributed by atoms with E-state index in [1.54, 1.807) is 5.57 Å². The van der Waals surface area contributed by atoms with Gasteiger partial charge in [0.15, 0.2) is 0 Å². The van der Waals surface area contributed by atoms with Gasteiger partial charge in [0.2, 0.25) is 0 Å². The molecule has 0 aromatic heterocycles. The zero-order chi connectivity index (χ0) is 23.2. The maximum absolute atomic E-state index is 2.57. The van der Waals surface area contributed by atoms with Crippen LogP contribution in [-0.2, 0) is 25.9 Å². The summed E-state index contributed by atoms with van der Waals surface area (Å²) in [5.74, 6) is 1.18. The second kappa shape index (κ2) is 12.1. The predicted octanol–water partition coefficient (Wildman–Crippen LogP) is -0.794. The third kappa shape index (κ3) is 4.81. The van der Waals surface area contributed by atoms with Crippen molar-refractivity contribution in [1.29, 1.82) is 0 Å². The molecule has 4 heteroatoms. The third-order valence-electron chi connectivity index (χ3n) is 8.05. The average molecular weight is 572 g/mol. The van der Waals surface area contributed by atoms with Crippen molar-refractivity contribution in [2.75, 3.05) is 0 Å². The summed E-state index contributed by atoms with van der Waals surface area (Å²) < 4.78 is -0.0438. The number of hydrogen-bond donors (Lipinski definition) is 0. The fraction of sp³-hybridized carbons (Fsp3) is 0.312. The molecular weight excluding hydrogens is 539 g/mol. The molecule has 0 nitrogen and oxygen atoms in total. The van der Waals surface area contributed by atoms with Crippen LogP contribution in [0.25, 0.3) is 0 Å². The zero-order valence-corrected chi connectivity index (χ0v) is 25.2. The summed E-state index contributed by atoms with van der Waals surface area (Å²) >= 11 is 2.57. The second-order valence-electron chi connectivity index (χ2n) is 10.3. The summed E-state index contributed by atoms with van der Waals surface area (Å²) in [6.45, 7) is 9.18. The largest absolute Gasteiger partial charge is 1.00 e. The molecule has 3 unspecified atom stereocenters. The number of rotatable bonds is 4. The first-order valence-corrected chi connectivity index (χ1v) is 13.0. The standard InChI is InChI=1S/C32H33.3ClH.Ti/c1-22-10-7-14-27(18-22)32(28-15-8-11-23(2)19-28,29-16-9-12-24(3)20-29)31-25(4)21-26-13-5-6-17-30(26)31;;;;/h5-12,14-20,25-26H,13,21H2,1-4H3;3*1H;/q;;;;+3/p-3. The Morgan fingerprint density at radius 2 is 1.19 bits per heavy atom. The van der Waals surface area contributed by atoms with E-state index in [0.29, 0.717) is 11.8 Å². The van der Waals surface area contributed by atoms with Crippen LogP contribution in [0.1, 0.15) is 53.1 Å². The minimum Gasteiger partial charge on any atom is -1.00 e. The number of benzene rings is 3. The Balaban J connectivity index is 0.00000152. The monoisotopic (exact) mass is 570 g/mol. The van der Waals surface area contributed by atoms with Crippen LogP contribution in [0.3, 0.4) is 0 Å². The van der Waals surface area contributed by atoms with Gasteiger partial charge >= 0.3 is 212 Å². The van der Waals surface area contributed by atoms with Crippen molar-refractivity contribution in [2.45, 2.75) is 49.7 Å². The number of hydrogen-bond acceptors (Lipinski definition) is 0. The number of aryl methyl sites for hydroxylation is 3. The van der Waals surface area contributed by atoms with Gasteiger partial charge in [0, 0.05) is 0 Å². The van der Waals surface area contributed by atoms with E-state index >= 15 is 0 Å². The molecule has 2 aliphatic carbocycles.